The lowest BCUT2D eigenvalue weighted by molar-refractivity contribution is -0.116. The Balaban J connectivity index is 1.57. The van der Waals surface area contributed by atoms with E-state index in [4.69, 9.17) is 16.0 Å². The highest BCUT2D eigenvalue weighted by Gasteiger charge is 2.09. The lowest BCUT2D eigenvalue weighted by Gasteiger charge is -2.04. The molecule has 0 spiro atoms. The fourth-order valence-corrected chi connectivity index (χ4v) is 2.64. The van der Waals surface area contributed by atoms with E-state index in [0.717, 1.165) is 10.0 Å². The fourth-order valence-electron chi connectivity index (χ4n) is 2.18. The Morgan fingerprint density at radius 2 is 2.00 bits per heavy atom. The normalized spacial score (nSPS) is 10.6. The van der Waals surface area contributed by atoms with Crippen LogP contribution >= 0.6 is 27.5 Å². The summed E-state index contributed by atoms with van der Waals surface area (Å²) in [6.07, 6.45) is 2.39. The second-order valence-electron chi connectivity index (χ2n) is 5.18. The third-order valence-corrected chi connectivity index (χ3v) is 4.12. The Morgan fingerprint density at radius 1 is 1.21 bits per heavy atom. The van der Waals surface area contributed by atoms with Gasteiger partial charge in [-0.1, -0.05) is 45.7 Å². The molecule has 0 fully saturated rings. The van der Waals surface area contributed by atoms with E-state index in [-0.39, 0.29) is 12.3 Å². The van der Waals surface area contributed by atoms with Crippen LogP contribution in [0.5, 0.6) is 0 Å². The maximum absolute atomic E-state index is 12.0. The molecular formula is C18H14BrClN2O2. The number of nitrogens with zero attached hydrogens (tertiary/aromatic N) is 1. The number of halogens is 2. The SMILES string of the molecule is O=C(CCc1ncc(-c2ccc(Br)cc2)o1)Nc1cccc(Cl)c1. The minimum absolute atomic E-state index is 0.111. The second-order valence-corrected chi connectivity index (χ2v) is 6.54. The Hall–Kier alpha value is -2.11. The zero-order chi connectivity index (χ0) is 16.9. The van der Waals surface area contributed by atoms with Gasteiger partial charge >= 0.3 is 0 Å². The molecule has 4 nitrogen and oxygen atoms in total. The van der Waals surface area contributed by atoms with Crippen LogP contribution in [0, 0.1) is 0 Å². The van der Waals surface area contributed by atoms with Crippen molar-refractivity contribution in [1.29, 1.82) is 0 Å². The van der Waals surface area contributed by atoms with Gasteiger partial charge < -0.3 is 9.73 Å². The predicted molar refractivity (Wildman–Crippen MR) is 98.0 cm³/mol. The average Bonchev–Trinajstić information content (AvgIpc) is 3.03. The third-order valence-electron chi connectivity index (χ3n) is 3.36. The number of benzene rings is 2. The second kappa shape index (κ2) is 7.64. The summed E-state index contributed by atoms with van der Waals surface area (Å²) in [5.74, 6) is 1.11. The Morgan fingerprint density at radius 3 is 2.75 bits per heavy atom. The molecule has 0 atom stereocenters. The molecule has 122 valence electrons. The van der Waals surface area contributed by atoms with E-state index in [1.807, 2.05) is 24.3 Å². The first kappa shape index (κ1) is 16.7. The van der Waals surface area contributed by atoms with Gasteiger partial charge in [0, 0.05) is 33.6 Å². The molecule has 3 rings (SSSR count). The van der Waals surface area contributed by atoms with Crippen molar-refractivity contribution in [2.24, 2.45) is 0 Å². The highest BCUT2D eigenvalue weighted by molar-refractivity contribution is 9.10. The number of rotatable bonds is 5. The van der Waals surface area contributed by atoms with Gasteiger partial charge in [0.2, 0.25) is 5.91 Å². The molecule has 0 bridgehead atoms. The first-order valence-corrected chi connectivity index (χ1v) is 8.53. The number of carbonyl (C=O) groups excluding carboxylic acids is 1. The van der Waals surface area contributed by atoms with Gasteiger partial charge in [-0.05, 0) is 30.3 Å². The first-order valence-electron chi connectivity index (χ1n) is 7.36. The molecule has 0 aliphatic heterocycles. The Bertz CT molecular complexity index is 846. The van der Waals surface area contributed by atoms with E-state index < -0.39 is 0 Å². The van der Waals surface area contributed by atoms with E-state index in [0.29, 0.717) is 28.8 Å². The van der Waals surface area contributed by atoms with Gasteiger partial charge in [0.15, 0.2) is 11.7 Å². The molecule has 2 aromatic carbocycles. The molecular weight excluding hydrogens is 392 g/mol. The lowest BCUT2D eigenvalue weighted by atomic mass is 10.2. The molecule has 0 aliphatic rings. The van der Waals surface area contributed by atoms with Crippen molar-refractivity contribution in [3.63, 3.8) is 0 Å². The summed E-state index contributed by atoms with van der Waals surface area (Å²) in [6, 6.07) is 14.8. The smallest absolute Gasteiger partial charge is 0.224 e. The number of hydrogen-bond acceptors (Lipinski definition) is 3. The number of nitrogens with one attached hydrogen (secondary N) is 1. The van der Waals surface area contributed by atoms with Crippen LogP contribution in [0.1, 0.15) is 12.3 Å². The van der Waals surface area contributed by atoms with Gasteiger partial charge in [-0.2, -0.15) is 0 Å². The van der Waals surface area contributed by atoms with Gasteiger partial charge in [0.1, 0.15) is 0 Å². The maximum atomic E-state index is 12.0. The summed E-state index contributed by atoms with van der Waals surface area (Å²) >= 11 is 9.29. The number of aryl methyl sites for hydroxylation is 1. The molecule has 0 radical (unpaired) electrons. The summed E-state index contributed by atoms with van der Waals surface area (Å²) in [4.78, 5) is 16.2. The molecule has 6 heteroatoms. The monoisotopic (exact) mass is 404 g/mol. The zero-order valence-electron chi connectivity index (χ0n) is 12.6. The van der Waals surface area contributed by atoms with Crippen molar-refractivity contribution in [2.75, 3.05) is 5.32 Å². The number of anilines is 1. The van der Waals surface area contributed by atoms with Crippen LogP contribution in [0.2, 0.25) is 5.02 Å². The van der Waals surface area contributed by atoms with Crippen molar-refractivity contribution in [1.82, 2.24) is 4.98 Å². The van der Waals surface area contributed by atoms with Crippen LogP contribution in [0.25, 0.3) is 11.3 Å². The molecule has 1 aromatic heterocycles. The van der Waals surface area contributed by atoms with Crippen LogP contribution in [0.15, 0.2) is 63.6 Å². The van der Waals surface area contributed by atoms with Gasteiger partial charge in [0.25, 0.3) is 0 Å². The standard InChI is InChI=1S/C18H14BrClN2O2/c19-13-6-4-12(5-7-13)16-11-21-18(24-16)9-8-17(23)22-15-3-1-2-14(20)10-15/h1-7,10-11H,8-9H2,(H,22,23). The minimum Gasteiger partial charge on any atom is -0.441 e. The maximum Gasteiger partial charge on any atom is 0.224 e. The van der Waals surface area contributed by atoms with E-state index in [2.05, 4.69) is 26.2 Å². The van der Waals surface area contributed by atoms with E-state index in [1.165, 1.54) is 0 Å². The number of oxazole rings is 1. The van der Waals surface area contributed by atoms with Crippen LogP contribution in [-0.2, 0) is 11.2 Å². The first-order chi connectivity index (χ1) is 11.6. The van der Waals surface area contributed by atoms with Gasteiger partial charge in [-0.3, -0.25) is 4.79 Å². The number of aromatic nitrogens is 1. The molecule has 0 saturated heterocycles. The lowest BCUT2D eigenvalue weighted by Crippen LogP contribution is -2.12. The van der Waals surface area contributed by atoms with Crippen LogP contribution in [0.4, 0.5) is 5.69 Å². The van der Waals surface area contributed by atoms with Crippen molar-refractivity contribution in [2.45, 2.75) is 12.8 Å². The van der Waals surface area contributed by atoms with Crippen molar-refractivity contribution in [3.05, 3.63) is 70.1 Å². The Kier molecular flexibility index (Phi) is 5.33. The Labute approximate surface area is 153 Å². The van der Waals surface area contributed by atoms with Crippen LogP contribution in [-0.4, -0.2) is 10.9 Å². The largest absolute Gasteiger partial charge is 0.441 e. The highest BCUT2D eigenvalue weighted by atomic mass is 79.9. The topological polar surface area (TPSA) is 55.1 Å². The van der Waals surface area contributed by atoms with Crippen LogP contribution < -0.4 is 5.32 Å². The van der Waals surface area contributed by atoms with Crippen molar-refractivity contribution in [3.8, 4) is 11.3 Å². The van der Waals surface area contributed by atoms with Gasteiger partial charge in [0.05, 0.1) is 6.20 Å². The number of amides is 1. The summed E-state index contributed by atoms with van der Waals surface area (Å²) in [5, 5.41) is 3.38. The van der Waals surface area contributed by atoms with E-state index in [1.54, 1.807) is 30.5 Å². The summed E-state index contributed by atoms with van der Waals surface area (Å²) in [6.45, 7) is 0. The molecule has 24 heavy (non-hydrogen) atoms. The number of hydrogen-bond donors (Lipinski definition) is 1. The molecule has 1 N–H and O–H groups in total. The number of carbonyl (C=O) groups is 1. The molecule has 1 heterocycles. The van der Waals surface area contributed by atoms with E-state index in [9.17, 15) is 4.79 Å². The third kappa shape index (κ3) is 4.46. The predicted octanol–water partition coefficient (Wildman–Crippen LogP) is 5.33. The van der Waals surface area contributed by atoms with Crippen molar-refractivity contribution >= 4 is 39.1 Å². The molecule has 0 aliphatic carbocycles. The average molecular weight is 406 g/mol. The minimum atomic E-state index is -0.111. The molecule has 0 saturated carbocycles. The quantitative estimate of drug-likeness (QED) is 0.624. The van der Waals surface area contributed by atoms with Gasteiger partial charge in [-0.15, -0.1) is 0 Å². The highest BCUT2D eigenvalue weighted by Crippen LogP contribution is 2.23. The molecule has 3 aromatic rings. The summed E-state index contributed by atoms with van der Waals surface area (Å²) in [7, 11) is 0. The zero-order valence-corrected chi connectivity index (χ0v) is 15.0. The summed E-state index contributed by atoms with van der Waals surface area (Å²) < 4.78 is 6.71. The summed E-state index contributed by atoms with van der Waals surface area (Å²) in [5.41, 5.74) is 1.62. The van der Waals surface area contributed by atoms with Crippen molar-refractivity contribution < 1.29 is 9.21 Å². The van der Waals surface area contributed by atoms with Crippen LogP contribution in [0.3, 0.4) is 0 Å². The van der Waals surface area contributed by atoms with E-state index >= 15 is 0 Å². The van der Waals surface area contributed by atoms with Gasteiger partial charge in [-0.25, -0.2) is 4.98 Å². The fraction of sp³-hybridized carbons (Fsp3) is 0.111. The molecule has 0 unspecified atom stereocenters. The molecule has 1 amide bonds.